The molecule has 0 heterocycles. The predicted octanol–water partition coefficient (Wildman–Crippen LogP) is 1.12. The summed E-state index contributed by atoms with van der Waals surface area (Å²) in [4.78, 5) is 11.5. The summed E-state index contributed by atoms with van der Waals surface area (Å²) in [6.45, 7) is 0. The average Bonchev–Trinajstić information content (AvgIpc) is 2.29. The first-order valence-electron chi connectivity index (χ1n) is 4.54. The second kappa shape index (κ2) is 8.29. The Morgan fingerprint density at radius 2 is 2.24 bits per heavy atom. The molecule has 0 saturated heterocycles. The smallest absolute Gasteiger partial charge is 0.423 e. The zero-order valence-electron chi connectivity index (χ0n) is 8.70. The van der Waals surface area contributed by atoms with Crippen molar-refractivity contribution in [1.29, 1.82) is 0 Å². The molecule has 92 valence electrons. The molecule has 3 N–H and O–H groups in total. The molecule has 0 aliphatic carbocycles. The number of anilines is 1. The zero-order valence-corrected chi connectivity index (χ0v) is 12.3. The molecule has 1 aromatic carbocycles. The van der Waals surface area contributed by atoms with E-state index in [1.165, 1.54) is 37.1 Å². The van der Waals surface area contributed by atoms with Gasteiger partial charge in [-0.1, -0.05) is 41.8 Å². The highest BCUT2D eigenvalue weighted by Gasteiger charge is 2.11. The van der Waals surface area contributed by atoms with Crippen LogP contribution in [0.25, 0.3) is 0 Å². The van der Waals surface area contributed by atoms with Crippen LogP contribution in [0.5, 0.6) is 0 Å². The molecule has 0 aliphatic rings. The third-order valence-corrected chi connectivity index (χ3v) is 6.87. The van der Waals surface area contributed by atoms with Gasteiger partial charge in [0, 0.05) is 5.69 Å². The SMILES string of the molecule is O=C(CSSSP)Nc1cccc(B(O)O)c1. The first kappa shape index (κ1) is 15.2. The van der Waals surface area contributed by atoms with E-state index >= 15 is 0 Å². The molecule has 17 heavy (non-hydrogen) atoms. The third kappa shape index (κ3) is 6.04. The molecule has 1 aromatic rings. The third-order valence-electron chi connectivity index (χ3n) is 1.75. The summed E-state index contributed by atoms with van der Waals surface area (Å²) in [7, 11) is 5.42. The lowest BCUT2D eigenvalue weighted by molar-refractivity contribution is -0.113. The van der Waals surface area contributed by atoms with Gasteiger partial charge in [0.25, 0.3) is 0 Å². The standard InChI is InChI=1S/C8H11BNO3PS3/c11-8(5-15-17-16-14)10-7-3-1-2-6(4-7)9(12)13/h1-4,12-13H,5,14H2,(H,10,11). The van der Waals surface area contributed by atoms with E-state index < -0.39 is 7.12 Å². The molecule has 1 amide bonds. The largest absolute Gasteiger partial charge is 0.488 e. The fourth-order valence-corrected chi connectivity index (χ4v) is 4.43. The first-order chi connectivity index (χ1) is 8.13. The molecular weight excluding hydrogens is 296 g/mol. The van der Waals surface area contributed by atoms with Gasteiger partial charge in [0.15, 0.2) is 0 Å². The maximum Gasteiger partial charge on any atom is 0.488 e. The Morgan fingerprint density at radius 1 is 1.47 bits per heavy atom. The van der Waals surface area contributed by atoms with Gasteiger partial charge in [-0.25, -0.2) is 0 Å². The predicted molar refractivity (Wildman–Crippen MR) is 82.2 cm³/mol. The van der Waals surface area contributed by atoms with Crippen molar-refractivity contribution < 1.29 is 14.8 Å². The summed E-state index contributed by atoms with van der Waals surface area (Å²) < 4.78 is 0. The van der Waals surface area contributed by atoms with Gasteiger partial charge in [-0.15, -0.1) is 0 Å². The van der Waals surface area contributed by atoms with E-state index in [1.54, 1.807) is 18.2 Å². The van der Waals surface area contributed by atoms with E-state index in [-0.39, 0.29) is 5.91 Å². The molecule has 9 heteroatoms. The normalized spacial score (nSPS) is 10.1. The molecule has 1 unspecified atom stereocenters. The number of rotatable bonds is 6. The number of hydrogen-bond acceptors (Lipinski definition) is 6. The second-order valence-corrected chi connectivity index (χ2v) is 8.48. The minimum absolute atomic E-state index is 0.119. The first-order valence-corrected chi connectivity index (χ1v) is 9.67. The second-order valence-electron chi connectivity index (χ2n) is 2.97. The van der Waals surface area contributed by atoms with E-state index in [1.807, 2.05) is 0 Å². The number of benzene rings is 1. The highest BCUT2D eigenvalue weighted by molar-refractivity contribution is 9.17. The molecule has 0 saturated carbocycles. The highest BCUT2D eigenvalue weighted by Crippen LogP contribution is 2.38. The topological polar surface area (TPSA) is 69.6 Å². The Labute approximate surface area is 114 Å². The van der Waals surface area contributed by atoms with Gasteiger partial charge in [-0.05, 0) is 27.4 Å². The van der Waals surface area contributed by atoms with Crippen molar-refractivity contribution >= 4 is 63.7 Å². The van der Waals surface area contributed by atoms with Crippen molar-refractivity contribution in [3.05, 3.63) is 24.3 Å². The van der Waals surface area contributed by atoms with Crippen molar-refractivity contribution in [2.45, 2.75) is 0 Å². The van der Waals surface area contributed by atoms with Gasteiger partial charge in [-0.3, -0.25) is 4.79 Å². The Hall–Kier alpha value is 0.155. The molecule has 1 rings (SSSR count). The van der Waals surface area contributed by atoms with Crippen molar-refractivity contribution in [1.82, 2.24) is 0 Å². The van der Waals surface area contributed by atoms with Gasteiger partial charge in [0.05, 0.1) is 5.75 Å². The van der Waals surface area contributed by atoms with Crippen LogP contribution in [0.1, 0.15) is 0 Å². The van der Waals surface area contributed by atoms with Crippen LogP contribution in [0, 0.1) is 0 Å². The summed E-state index contributed by atoms with van der Waals surface area (Å²) in [5, 5.41) is 20.7. The molecule has 0 aromatic heterocycles. The fraction of sp³-hybridized carbons (Fsp3) is 0.125. The average molecular weight is 307 g/mol. The highest BCUT2D eigenvalue weighted by atomic mass is 33.6. The van der Waals surface area contributed by atoms with Crippen LogP contribution in [0.2, 0.25) is 0 Å². The zero-order chi connectivity index (χ0) is 12.7. The van der Waals surface area contributed by atoms with Gasteiger partial charge >= 0.3 is 7.12 Å². The minimum Gasteiger partial charge on any atom is -0.423 e. The van der Waals surface area contributed by atoms with Crippen molar-refractivity contribution in [2.75, 3.05) is 11.1 Å². The van der Waals surface area contributed by atoms with Crippen LogP contribution in [-0.2, 0) is 4.79 Å². The monoisotopic (exact) mass is 307 g/mol. The maximum atomic E-state index is 11.5. The van der Waals surface area contributed by atoms with Gasteiger partial charge in [-0.2, -0.15) is 0 Å². The quantitative estimate of drug-likeness (QED) is 0.317. The summed E-state index contributed by atoms with van der Waals surface area (Å²) in [5.74, 6) is 0.226. The van der Waals surface area contributed by atoms with E-state index in [9.17, 15) is 4.79 Å². The van der Waals surface area contributed by atoms with E-state index in [0.29, 0.717) is 16.9 Å². The molecular formula is C8H11BNO3PS3. The number of amides is 1. The Balaban J connectivity index is 2.50. The van der Waals surface area contributed by atoms with Crippen molar-refractivity contribution in [2.24, 2.45) is 0 Å². The molecule has 1 atom stereocenters. The lowest BCUT2D eigenvalue weighted by Crippen LogP contribution is -2.30. The Bertz CT molecular complexity index is 383. The van der Waals surface area contributed by atoms with Crippen LogP contribution < -0.4 is 10.8 Å². The van der Waals surface area contributed by atoms with Crippen LogP contribution in [-0.4, -0.2) is 28.8 Å². The van der Waals surface area contributed by atoms with Crippen molar-refractivity contribution in [3.8, 4) is 0 Å². The number of hydrogen-bond donors (Lipinski definition) is 3. The van der Waals surface area contributed by atoms with Crippen LogP contribution in [0.4, 0.5) is 5.69 Å². The van der Waals surface area contributed by atoms with Crippen molar-refractivity contribution in [3.63, 3.8) is 0 Å². The van der Waals surface area contributed by atoms with E-state index in [0.717, 1.165) is 0 Å². The molecule has 0 spiro atoms. The summed E-state index contributed by atoms with van der Waals surface area (Å²) in [5.41, 5.74) is 0.912. The van der Waals surface area contributed by atoms with Gasteiger partial charge < -0.3 is 15.4 Å². The van der Waals surface area contributed by atoms with Crippen LogP contribution >= 0.6 is 39.5 Å². The lowest BCUT2D eigenvalue weighted by Gasteiger charge is -2.06. The Morgan fingerprint density at radius 3 is 2.88 bits per heavy atom. The maximum absolute atomic E-state index is 11.5. The molecule has 0 bridgehead atoms. The van der Waals surface area contributed by atoms with Gasteiger partial charge in [0.1, 0.15) is 0 Å². The summed E-state index contributed by atoms with van der Waals surface area (Å²) in [6, 6.07) is 6.47. The van der Waals surface area contributed by atoms with Crippen LogP contribution in [0.15, 0.2) is 24.3 Å². The fourth-order valence-electron chi connectivity index (χ4n) is 1.08. The molecule has 0 radical (unpaired) electrons. The molecule has 0 fully saturated rings. The van der Waals surface area contributed by atoms with Gasteiger partial charge in [0.2, 0.25) is 5.91 Å². The number of carbonyl (C=O) groups is 1. The lowest BCUT2D eigenvalue weighted by atomic mass is 9.80. The van der Waals surface area contributed by atoms with Crippen LogP contribution in [0.3, 0.4) is 0 Å². The molecule has 4 nitrogen and oxygen atoms in total. The molecule has 0 aliphatic heterocycles. The summed E-state index contributed by atoms with van der Waals surface area (Å²) in [6.07, 6.45) is 0. The Kier molecular flexibility index (Phi) is 7.42. The van der Waals surface area contributed by atoms with E-state index in [2.05, 4.69) is 13.8 Å². The number of nitrogens with one attached hydrogen (secondary N) is 1. The minimum atomic E-state index is -1.52. The van der Waals surface area contributed by atoms with E-state index in [4.69, 9.17) is 10.0 Å². The number of carbonyl (C=O) groups excluding carboxylic acids is 1. The summed E-state index contributed by atoms with van der Waals surface area (Å²) >= 11 is 0.